The Hall–Kier alpha value is -3.74. The van der Waals surface area contributed by atoms with Crippen LogP contribution in [0.15, 0.2) is 65.8 Å². The fourth-order valence-electron chi connectivity index (χ4n) is 3.17. The lowest BCUT2D eigenvalue weighted by molar-refractivity contribution is -0.132. The second kappa shape index (κ2) is 7.11. The molecule has 1 saturated heterocycles. The highest BCUT2D eigenvalue weighted by Gasteiger charge is 2.55. The topological polar surface area (TPSA) is 85.3 Å². The number of hydrogen-bond donors (Lipinski definition) is 0. The standard InChI is InChI=1S/C21H16N2O5/c1-13(24)27-16-10-8-15(9-11-16)23-20(25)18-17(22-28-19(18)21(23)26)12-7-14-5-3-2-4-6-14/h2-12,18-19H,1H3/b12-7+/t18-,19-/m0/s1. The van der Waals surface area contributed by atoms with E-state index in [0.29, 0.717) is 17.1 Å². The number of allylic oxidation sites excluding steroid dienone is 1. The van der Waals surface area contributed by atoms with Crippen LogP contribution in [0.4, 0.5) is 5.69 Å². The maximum Gasteiger partial charge on any atom is 0.308 e. The van der Waals surface area contributed by atoms with Crippen molar-refractivity contribution < 1.29 is 24.0 Å². The molecule has 2 aromatic rings. The Balaban J connectivity index is 1.55. The predicted molar refractivity (Wildman–Crippen MR) is 102 cm³/mol. The van der Waals surface area contributed by atoms with Crippen LogP contribution in [0, 0.1) is 5.92 Å². The van der Waals surface area contributed by atoms with Gasteiger partial charge < -0.3 is 9.57 Å². The van der Waals surface area contributed by atoms with E-state index < -0.39 is 29.8 Å². The first-order valence-corrected chi connectivity index (χ1v) is 8.68. The molecule has 2 aromatic carbocycles. The number of hydrogen-bond acceptors (Lipinski definition) is 6. The summed E-state index contributed by atoms with van der Waals surface area (Å²) in [6, 6.07) is 15.7. The summed E-state index contributed by atoms with van der Waals surface area (Å²) in [5.74, 6) is -1.76. The van der Waals surface area contributed by atoms with Gasteiger partial charge in [-0.1, -0.05) is 41.6 Å². The van der Waals surface area contributed by atoms with Crippen molar-refractivity contribution >= 4 is 35.3 Å². The van der Waals surface area contributed by atoms with Gasteiger partial charge in [-0.15, -0.1) is 0 Å². The molecule has 2 aliphatic rings. The highest BCUT2D eigenvalue weighted by molar-refractivity contribution is 6.31. The van der Waals surface area contributed by atoms with Gasteiger partial charge in [0.05, 0.1) is 11.4 Å². The highest BCUT2D eigenvalue weighted by atomic mass is 16.6. The Kier molecular flexibility index (Phi) is 4.49. The van der Waals surface area contributed by atoms with Gasteiger partial charge in [-0.25, -0.2) is 4.90 Å². The predicted octanol–water partition coefficient (Wildman–Crippen LogP) is 2.57. The first-order valence-electron chi connectivity index (χ1n) is 8.68. The molecule has 0 aromatic heterocycles. The third-order valence-corrected chi connectivity index (χ3v) is 4.45. The molecule has 0 radical (unpaired) electrons. The van der Waals surface area contributed by atoms with Crippen molar-refractivity contribution in [1.82, 2.24) is 0 Å². The summed E-state index contributed by atoms with van der Waals surface area (Å²) in [6.45, 7) is 1.30. The number of oxime groups is 1. The lowest BCUT2D eigenvalue weighted by atomic mass is 9.99. The van der Waals surface area contributed by atoms with Crippen LogP contribution in [-0.4, -0.2) is 29.6 Å². The number of imide groups is 1. The van der Waals surface area contributed by atoms with E-state index in [4.69, 9.17) is 9.57 Å². The second-order valence-corrected chi connectivity index (χ2v) is 6.36. The number of fused-ring (bicyclic) bond motifs is 1. The summed E-state index contributed by atoms with van der Waals surface area (Å²) >= 11 is 0. The summed E-state index contributed by atoms with van der Waals surface area (Å²) in [7, 11) is 0. The number of esters is 1. The van der Waals surface area contributed by atoms with E-state index in [0.717, 1.165) is 10.5 Å². The van der Waals surface area contributed by atoms with Gasteiger partial charge in [-0.2, -0.15) is 0 Å². The van der Waals surface area contributed by atoms with Crippen molar-refractivity contribution in [3.63, 3.8) is 0 Å². The number of nitrogens with zero attached hydrogens (tertiary/aromatic N) is 2. The Morgan fingerprint density at radius 1 is 1.04 bits per heavy atom. The van der Waals surface area contributed by atoms with Crippen LogP contribution < -0.4 is 9.64 Å². The van der Waals surface area contributed by atoms with Gasteiger partial charge in [-0.3, -0.25) is 14.4 Å². The SMILES string of the molecule is CC(=O)Oc1ccc(N2C(=O)[C@H]3C(/C=C/c4ccccc4)=NO[C@@H]3C2=O)cc1. The monoisotopic (exact) mass is 376 g/mol. The lowest BCUT2D eigenvalue weighted by Crippen LogP contribution is -2.32. The fourth-order valence-corrected chi connectivity index (χ4v) is 3.17. The number of carbonyl (C=O) groups is 3. The maximum atomic E-state index is 12.9. The number of carbonyl (C=O) groups excluding carboxylic acids is 3. The van der Waals surface area contributed by atoms with Crippen LogP contribution in [0.2, 0.25) is 0 Å². The summed E-state index contributed by atoms with van der Waals surface area (Å²) in [5, 5.41) is 3.92. The summed E-state index contributed by atoms with van der Waals surface area (Å²) in [6.07, 6.45) is 2.55. The quantitative estimate of drug-likeness (QED) is 0.465. The number of anilines is 1. The minimum Gasteiger partial charge on any atom is -0.427 e. The lowest BCUT2D eigenvalue weighted by Gasteiger charge is -2.15. The molecule has 2 heterocycles. The minimum atomic E-state index is -0.962. The van der Waals surface area contributed by atoms with E-state index in [2.05, 4.69) is 5.16 Å². The molecule has 2 atom stereocenters. The van der Waals surface area contributed by atoms with Gasteiger partial charge in [0.2, 0.25) is 12.0 Å². The summed E-state index contributed by atoms with van der Waals surface area (Å²) in [4.78, 5) is 42.9. The number of amides is 2. The van der Waals surface area contributed by atoms with Gasteiger partial charge in [-0.05, 0) is 35.9 Å². The molecular formula is C21H16N2O5. The zero-order chi connectivity index (χ0) is 19.7. The molecule has 1 fully saturated rings. The second-order valence-electron chi connectivity index (χ2n) is 6.36. The molecule has 4 rings (SSSR count). The van der Waals surface area contributed by atoms with E-state index in [9.17, 15) is 14.4 Å². The van der Waals surface area contributed by atoms with Crippen molar-refractivity contribution in [3.8, 4) is 5.75 Å². The van der Waals surface area contributed by atoms with Gasteiger partial charge in [0.15, 0.2) is 0 Å². The molecule has 28 heavy (non-hydrogen) atoms. The third kappa shape index (κ3) is 3.18. The van der Waals surface area contributed by atoms with Crippen molar-refractivity contribution in [2.75, 3.05) is 4.90 Å². The molecule has 2 aliphatic heterocycles. The van der Waals surface area contributed by atoms with Gasteiger partial charge in [0.1, 0.15) is 11.7 Å². The third-order valence-electron chi connectivity index (χ3n) is 4.45. The highest BCUT2D eigenvalue weighted by Crippen LogP contribution is 2.34. The Bertz CT molecular complexity index is 995. The first kappa shape index (κ1) is 17.7. The molecule has 0 N–H and O–H groups in total. The molecule has 2 amide bonds. The molecule has 140 valence electrons. The largest absolute Gasteiger partial charge is 0.427 e. The smallest absolute Gasteiger partial charge is 0.308 e. The molecule has 0 unspecified atom stereocenters. The van der Waals surface area contributed by atoms with Crippen LogP contribution in [0.25, 0.3) is 6.08 Å². The molecule has 0 spiro atoms. The summed E-state index contributed by atoms with van der Waals surface area (Å²) in [5.41, 5.74) is 1.74. The van der Waals surface area contributed by atoms with E-state index in [-0.39, 0.29) is 0 Å². The zero-order valence-corrected chi connectivity index (χ0v) is 14.9. The van der Waals surface area contributed by atoms with Crippen molar-refractivity contribution in [1.29, 1.82) is 0 Å². The Labute approximate surface area is 160 Å². The van der Waals surface area contributed by atoms with Gasteiger partial charge in [0.25, 0.3) is 5.91 Å². The molecular weight excluding hydrogens is 360 g/mol. The fraction of sp³-hybridized carbons (Fsp3) is 0.143. The van der Waals surface area contributed by atoms with E-state index in [1.807, 2.05) is 36.4 Å². The molecule has 0 saturated carbocycles. The van der Waals surface area contributed by atoms with E-state index in [1.165, 1.54) is 19.1 Å². The Morgan fingerprint density at radius 2 is 1.75 bits per heavy atom. The molecule has 0 bridgehead atoms. The van der Waals surface area contributed by atoms with Crippen molar-refractivity contribution in [2.45, 2.75) is 13.0 Å². The minimum absolute atomic E-state index is 0.333. The zero-order valence-electron chi connectivity index (χ0n) is 14.9. The number of rotatable bonds is 4. The van der Waals surface area contributed by atoms with E-state index in [1.54, 1.807) is 18.2 Å². The van der Waals surface area contributed by atoms with Gasteiger partial charge in [0, 0.05) is 6.92 Å². The van der Waals surface area contributed by atoms with Crippen molar-refractivity contribution in [3.05, 3.63) is 66.2 Å². The van der Waals surface area contributed by atoms with Gasteiger partial charge >= 0.3 is 5.97 Å². The van der Waals surface area contributed by atoms with Crippen LogP contribution in [0.1, 0.15) is 12.5 Å². The number of benzene rings is 2. The summed E-state index contributed by atoms with van der Waals surface area (Å²) < 4.78 is 4.97. The average Bonchev–Trinajstić information content (AvgIpc) is 3.21. The number of ether oxygens (including phenoxy) is 1. The normalized spacial score (nSPS) is 20.9. The van der Waals surface area contributed by atoms with Crippen LogP contribution in [0.5, 0.6) is 5.75 Å². The van der Waals surface area contributed by atoms with Crippen molar-refractivity contribution in [2.24, 2.45) is 11.1 Å². The first-order chi connectivity index (χ1) is 13.5. The molecule has 7 nitrogen and oxygen atoms in total. The van der Waals surface area contributed by atoms with E-state index >= 15 is 0 Å². The average molecular weight is 376 g/mol. The maximum absolute atomic E-state index is 12.9. The van der Waals surface area contributed by atoms with Crippen LogP contribution in [0.3, 0.4) is 0 Å². The molecule has 0 aliphatic carbocycles. The van der Waals surface area contributed by atoms with Crippen LogP contribution in [-0.2, 0) is 19.2 Å². The Morgan fingerprint density at radius 3 is 2.43 bits per heavy atom. The molecule has 7 heteroatoms. The van der Waals surface area contributed by atoms with Crippen LogP contribution >= 0.6 is 0 Å².